The average Bonchev–Trinajstić information content (AvgIpc) is 2.56. The number of aromatic nitrogens is 5. The van der Waals surface area contributed by atoms with Gasteiger partial charge in [-0.15, -0.1) is 0 Å². The smallest absolute Gasteiger partial charge is 0.165 e. The Morgan fingerprint density at radius 1 is 0.810 bits per heavy atom. The van der Waals surface area contributed by atoms with Crippen molar-refractivity contribution in [2.24, 2.45) is 0 Å². The first kappa shape index (κ1) is 13.3. The van der Waals surface area contributed by atoms with Crippen LogP contribution in [-0.2, 0) is 6.42 Å². The lowest BCUT2D eigenvalue weighted by molar-refractivity contribution is 0.823. The summed E-state index contributed by atoms with van der Waals surface area (Å²) < 4.78 is 0. The van der Waals surface area contributed by atoms with Crippen LogP contribution in [-0.4, -0.2) is 24.9 Å². The molecule has 0 spiro atoms. The van der Waals surface area contributed by atoms with Crippen LogP contribution in [0.3, 0.4) is 0 Å². The van der Waals surface area contributed by atoms with Gasteiger partial charge in [0.25, 0.3) is 0 Å². The molecule has 0 amide bonds. The minimum atomic E-state index is 0.653. The Balaban J connectivity index is 2.11. The summed E-state index contributed by atoms with van der Waals surface area (Å²) in [6.45, 7) is 2.11. The van der Waals surface area contributed by atoms with Crippen molar-refractivity contribution in [3.05, 3.63) is 54.9 Å². The SMILES string of the molecule is CCCc1nc(-c2cccnc2)nc(-c2cccnc2)n1. The molecule has 0 saturated carbocycles. The predicted octanol–water partition coefficient (Wildman–Crippen LogP) is 2.95. The van der Waals surface area contributed by atoms with E-state index in [0.717, 1.165) is 29.8 Å². The van der Waals surface area contributed by atoms with Crippen molar-refractivity contribution in [2.75, 3.05) is 0 Å². The molecule has 0 unspecified atom stereocenters. The molecular weight excluding hydrogens is 262 g/mol. The molecule has 0 aromatic carbocycles. The van der Waals surface area contributed by atoms with Crippen molar-refractivity contribution in [2.45, 2.75) is 19.8 Å². The molecule has 0 aliphatic rings. The third-order valence-electron chi connectivity index (χ3n) is 2.99. The van der Waals surface area contributed by atoms with Crippen LogP contribution in [0.15, 0.2) is 49.1 Å². The summed E-state index contributed by atoms with van der Waals surface area (Å²) >= 11 is 0. The van der Waals surface area contributed by atoms with Crippen LogP contribution in [0.4, 0.5) is 0 Å². The summed E-state index contributed by atoms with van der Waals surface area (Å²) in [4.78, 5) is 21.9. The largest absolute Gasteiger partial charge is 0.264 e. The molecule has 21 heavy (non-hydrogen) atoms. The molecule has 0 bridgehead atoms. The van der Waals surface area contributed by atoms with Gasteiger partial charge >= 0.3 is 0 Å². The Labute approximate surface area is 123 Å². The number of pyridine rings is 2. The summed E-state index contributed by atoms with van der Waals surface area (Å²) in [6.07, 6.45) is 8.81. The van der Waals surface area contributed by atoms with Gasteiger partial charge in [0.1, 0.15) is 5.82 Å². The second-order valence-corrected chi connectivity index (χ2v) is 4.63. The van der Waals surface area contributed by atoms with Crippen LogP contribution < -0.4 is 0 Å². The number of hydrogen-bond donors (Lipinski definition) is 0. The maximum absolute atomic E-state index is 4.55. The summed E-state index contributed by atoms with van der Waals surface area (Å²) in [7, 11) is 0. The quantitative estimate of drug-likeness (QED) is 0.733. The van der Waals surface area contributed by atoms with Crippen molar-refractivity contribution in [3.63, 3.8) is 0 Å². The highest BCUT2D eigenvalue weighted by Crippen LogP contribution is 2.19. The van der Waals surface area contributed by atoms with Crippen molar-refractivity contribution in [1.29, 1.82) is 0 Å². The molecule has 0 radical (unpaired) electrons. The summed E-state index contributed by atoms with van der Waals surface area (Å²) in [6, 6.07) is 7.65. The zero-order valence-corrected chi connectivity index (χ0v) is 11.8. The maximum atomic E-state index is 4.55. The maximum Gasteiger partial charge on any atom is 0.165 e. The van der Waals surface area contributed by atoms with Crippen LogP contribution in [0.2, 0.25) is 0 Å². The second kappa shape index (κ2) is 6.17. The van der Waals surface area contributed by atoms with Crippen LogP contribution in [0.1, 0.15) is 19.2 Å². The van der Waals surface area contributed by atoms with Gasteiger partial charge in [-0.25, -0.2) is 15.0 Å². The molecule has 0 fully saturated rings. The molecule has 5 heteroatoms. The zero-order valence-electron chi connectivity index (χ0n) is 11.8. The van der Waals surface area contributed by atoms with Gasteiger partial charge in [-0.3, -0.25) is 9.97 Å². The normalized spacial score (nSPS) is 10.5. The van der Waals surface area contributed by atoms with E-state index in [-0.39, 0.29) is 0 Å². The summed E-state index contributed by atoms with van der Waals surface area (Å²) in [5.74, 6) is 2.10. The lowest BCUT2D eigenvalue weighted by Crippen LogP contribution is -2.03. The fourth-order valence-corrected chi connectivity index (χ4v) is 2.00. The lowest BCUT2D eigenvalue weighted by Gasteiger charge is -2.06. The Morgan fingerprint density at radius 2 is 1.38 bits per heavy atom. The molecule has 0 N–H and O–H groups in total. The van der Waals surface area contributed by atoms with Gasteiger partial charge in [-0.05, 0) is 30.7 Å². The fraction of sp³-hybridized carbons (Fsp3) is 0.188. The molecule has 3 rings (SSSR count). The number of aryl methyl sites for hydroxylation is 1. The zero-order chi connectivity index (χ0) is 14.5. The molecule has 0 aliphatic heterocycles. The first-order chi connectivity index (χ1) is 10.4. The van der Waals surface area contributed by atoms with Crippen LogP contribution in [0, 0.1) is 0 Å². The minimum Gasteiger partial charge on any atom is -0.264 e. The average molecular weight is 277 g/mol. The Kier molecular flexibility index (Phi) is 3.91. The molecule has 0 saturated heterocycles. The number of nitrogens with zero attached hydrogens (tertiary/aromatic N) is 5. The van der Waals surface area contributed by atoms with Gasteiger partial charge in [0.15, 0.2) is 11.6 Å². The van der Waals surface area contributed by atoms with Gasteiger partial charge in [0.05, 0.1) is 0 Å². The van der Waals surface area contributed by atoms with E-state index in [9.17, 15) is 0 Å². The van der Waals surface area contributed by atoms with Crippen molar-refractivity contribution in [3.8, 4) is 22.8 Å². The van der Waals surface area contributed by atoms with E-state index < -0.39 is 0 Å². The van der Waals surface area contributed by atoms with E-state index in [2.05, 4.69) is 31.8 Å². The summed E-state index contributed by atoms with van der Waals surface area (Å²) in [5, 5.41) is 0. The van der Waals surface area contributed by atoms with E-state index in [0.29, 0.717) is 11.6 Å². The highest BCUT2D eigenvalue weighted by Gasteiger charge is 2.10. The minimum absolute atomic E-state index is 0.653. The third kappa shape index (κ3) is 3.08. The van der Waals surface area contributed by atoms with Gasteiger partial charge in [-0.1, -0.05) is 6.92 Å². The van der Waals surface area contributed by atoms with Gasteiger partial charge in [-0.2, -0.15) is 0 Å². The third-order valence-corrected chi connectivity index (χ3v) is 2.99. The first-order valence-electron chi connectivity index (χ1n) is 6.92. The fourth-order valence-electron chi connectivity index (χ4n) is 2.00. The first-order valence-corrected chi connectivity index (χ1v) is 6.92. The number of rotatable bonds is 4. The van der Waals surface area contributed by atoms with Crippen molar-refractivity contribution in [1.82, 2.24) is 24.9 Å². The molecular formula is C16H15N5. The monoisotopic (exact) mass is 277 g/mol. The van der Waals surface area contributed by atoms with Crippen LogP contribution >= 0.6 is 0 Å². The molecule has 104 valence electrons. The van der Waals surface area contributed by atoms with E-state index >= 15 is 0 Å². The van der Waals surface area contributed by atoms with Crippen molar-refractivity contribution >= 4 is 0 Å². The summed E-state index contributed by atoms with van der Waals surface area (Å²) in [5.41, 5.74) is 1.78. The standard InChI is InChI=1S/C16H15N5/c1-2-5-14-19-15(12-6-3-8-17-10-12)21-16(20-14)13-7-4-9-18-11-13/h3-4,6-11H,2,5H2,1H3. The Hall–Kier alpha value is -2.69. The van der Waals surface area contributed by atoms with E-state index in [1.54, 1.807) is 24.8 Å². The highest BCUT2D eigenvalue weighted by molar-refractivity contribution is 5.59. The van der Waals surface area contributed by atoms with E-state index in [1.165, 1.54) is 0 Å². The van der Waals surface area contributed by atoms with Gasteiger partial charge in [0, 0.05) is 42.3 Å². The van der Waals surface area contributed by atoms with E-state index in [1.807, 2.05) is 24.3 Å². The van der Waals surface area contributed by atoms with Gasteiger partial charge < -0.3 is 0 Å². The highest BCUT2D eigenvalue weighted by atomic mass is 15.0. The Morgan fingerprint density at radius 3 is 1.81 bits per heavy atom. The molecule has 0 atom stereocenters. The predicted molar refractivity (Wildman–Crippen MR) is 80.3 cm³/mol. The van der Waals surface area contributed by atoms with Crippen LogP contribution in [0.5, 0.6) is 0 Å². The van der Waals surface area contributed by atoms with Crippen molar-refractivity contribution < 1.29 is 0 Å². The van der Waals surface area contributed by atoms with E-state index in [4.69, 9.17) is 0 Å². The van der Waals surface area contributed by atoms with Crippen LogP contribution in [0.25, 0.3) is 22.8 Å². The second-order valence-electron chi connectivity index (χ2n) is 4.63. The topological polar surface area (TPSA) is 64.5 Å². The lowest BCUT2D eigenvalue weighted by atomic mass is 10.2. The number of hydrogen-bond acceptors (Lipinski definition) is 5. The molecule has 0 aliphatic carbocycles. The molecule has 3 heterocycles. The molecule has 3 aromatic rings. The van der Waals surface area contributed by atoms with Gasteiger partial charge in [0.2, 0.25) is 0 Å². The Bertz CT molecular complexity index is 655. The molecule has 3 aromatic heterocycles. The molecule has 5 nitrogen and oxygen atoms in total.